The minimum atomic E-state index is -0.788. The summed E-state index contributed by atoms with van der Waals surface area (Å²) >= 11 is 3.25. The summed E-state index contributed by atoms with van der Waals surface area (Å²) in [5.74, 6) is -1.58. The van der Waals surface area contributed by atoms with Crippen LogP contribution >= 0.6 is 15.9 Å². The number of carbonyl (C=O) groups is 1. The Kier molecular flexibility index (Phi) is 4.87. The van der Waals surface area contributed by atoms with Crippen LogP contribution in [0.25, 0.3) is 0 Å². The van der Waals surface area contributed by atoms with Crippen LogP contribution in [0.1, 0.15) is 5.56 Å². The third-order valence-corrected chi connectivity index (χ3v) is 3.10. The van der Waals surface area contributed by atoms with E-state index < -0.39 is 17.7 Å². The van der Waals surface area contributed by atoms with Gasteiger partial charge in [0.05, 0.1) is 6.61 Å². The van der Waals surface area contributed by atoms with Gasteiger partial charge in [0.2, 0.25) is 0 Å². The molecule has 0 fully saturated rings. The quantitative estimate of drug-likeness (QED) is 0.781. The predicted octanol–water partition coefficient (Wildman–Crippen LogP) is 3.86. The fourth-order valence-electron chi connectivity index (χ4n) is 1.71. The van der Waals surface area contributed by atoms with Gasteiger partial charge >= 0.3 is 6.03 Å². The average molecular weight is 357 g/mol. The van der Waals surface area contributed by atoms with Crippen LogP contribution in [-0.2, 0) is 6.61 Å². The molecule has 7 heteroatoms. The molecule has 0 radical (unpaired) electrons. The van der Waals surface area contributed by atoms with Gasteiger partial charge in [-0.3, -0.25) is 0 Å². The Balaban J connectivity index is 2.13. The fourth-order valence-corrected chi connectivity index (χ4v) is 2.07. The summed E-state index contributed by atoms with van der Waals surface area (Å²) < 4.78 is 26.8. The molecule has 0 aliphatic carbocycles. The number of amides is 2. The van der Waals surface area contributed by atoms with Crippen LogP contribution in [0.15, 0.2) is 40.9 Å². The highest BCUT2D eigenvalue weighted by molar-refractivity contribution is 9.10. The molecule has 0 aromatic heterocycles. The molecule has 0 saturated carbocycles. The molecule has 0 aliphatic rings. The number of carbonyl (C=O) groups excluding carboxylic acids is 1. The van der Waals surface area contributed by atoms with Crippen LogP contribution in [0.4, 0.5) is 25.0 Å². The van der Waals surface area contributed by atoms with Gasteiger partial charge < -0.3 is 15.7 Å². The third-order valence-electron chi connectivity index (χ3n) is 2.61. The summed E-state index contributed by atoms with van der Waals surface area (Å²) in [5, 5.41) is 14.0. The number of rotatable bonds is 3. The van der Waals surface area contributed by atoms with Gasteiger partial charge in [-0.2, -0.15) is 0 Å². The van der Waals surface area contributed by atoms with Crippen molar-refractivity contribution >= 4 is 33.3 Å². The molecule has 110 valence electrons. The Morgan fingerprint density at radius 3 is 2.38 bits per heavy atom. The molecule has 0 heterocycles. The zero-order valence-corrected chi connectivity index (χ0v) is 12.2. The lowest BCUT2D eigenvalue weighted by atomic mass is 10.2. The molecule has 2 amide bonds. The van der Waals surface area contributed by atoms with E-state index in [0.717, 1.165) is 12.1 Å². The summed E-state index contributed by atoms with van der Waals surface area (Å²) in [6.07, 6.45) is 0. The van der Waals surface area contributed by atoms with Gasteiger partial charge in [0, 0.05) is 27.5 Å². The summed E-state index contributed by atoms with van der Waals surface area (Å²) in [6.45, 7) is -0.252. The van der Waals surface area contributed by atoms with Crippen molar-refractivity contribution in [3.05, 3.63) is 58.1 Å². The molecular weight excluding hydrogens is 346 g/mol. The summed E-state index contributed by atoms with van der Waals surface area (Å²) in [4.78, 5) is 11.8. The first kappa shape index (κ1) is 15.4. The van der Waals surface area contributed by atoms with E-state index in [2.05, 4.69) is 26.6 Å². The predicted molar refractivity (Wildman–Crippen MR) is 79.1 cm³/mol. The molecule has 2 rings (SSSR count). The van der Waals surface area contributed by atoms with E-state index >= 15 is 0 Å². The van der Waals surface area contributed by atoms with Crippen molar-refractivity contribution in [2.45, 2.75) is 6.61 Å². The standard InChI is InChI=1S/C14H11BrF2N2O2/c15-9-2-1-8(7-20)13(3-9)19-14(21)18-12-5-10(16)4-11(17)6-12/h1-6,20H,7H2,(H2,18,19,21). The van der Waals surface area contributed by atoms with Crippen LogP contribution in [0, 0.1) is 11.6 Å². The van der Waals surface area contributed by atoms with Gasteiger partial charge in [0.1, 0.15) is 11.6 Å². The summed E-state index contributed by atoms with van der Waals surface area (Å²) in [7, 11) is 0. The van der Waals surface area contributed by atoms with Crippen molar-refractivity contribution in [3.63, 3.8) is 0 Å². The van der Waals surface area contributed by atoms with E-state index in [1.54, 1.807) is 18.2 Å². The third kappa shape index (κ3) is 4.24. The highest BCUT2D eigenvalue weighted by Crippen LogP contribution is 2.22. The lowest BCUT2D eigenvalue weighted by molar-refractivity contribution is 0.262. The van der Waals surface area contributed by atoms with E-state index in [-0.39, 0.29) is 12.3 Å². The number of halogens is 3. The molecule has 2 aromatic carbocycles. The monoisotopic (exact) mass is 356 g/mol. The van der Waals surface area contributed by atoms with Gasteiger partial charge in [0.15, 0.2) is 0 Å². The summed E-state index contributed by atoms with van der Waals surface area (Å²) in [5.41, 5.74) is 0.894. The minimum absolute atomic E-state index is 0.00875. The van der Waals surface area contributed by atoms with E-state index in [0.29, 0.717) is 21.8 Å². The highest BCUT2D eigenvalue weighted by Gasteiger charge is 2.09. The molecule has 0 aliphatic heterocycles. The van der Waals surface area contributed by atoms with E-state index in [4.69, 9.17) is 0 Å². The van der Waals surface area contributed by atoms with Crippen molar-refractivity contribution in [2.75, 3.05) is 10.6 Å². The molecule has 0 unspecified atom stereocenters. The number of hydrogen-bond donors (Lipinski definition) is 3. The number of benzene rings is 2. The Bertz CT molecular complexity index is 660. The first-order valence-electron chi connectivity index (χ1n) is 5.91. The first-order chi connectivity index (χ1) is 9.97. The van der Waals surface area contributed by atoms with Crippen molar-refractivity contribution < 1.29 is 18.7 Å². The molecule has 3 N–H and O–H groups in total. The Morgan fingerprint density at radius 2 is 1.76 bits per heavy atom. The maximum Gasteiger partial charge on any atom is 0.323 e. The Labute approximate surface area is 127 Å². The van der Waals surface area contributed by atoms with Crippen molar-refractivity contribution in [1.29, 1.82) is 0 Å². The SMILES string of the molecule is O=C(Nc1cc(F)cc(F)c1)Nc1cc(Br)ccc1CO. The number of hydrogen-bond acceptors (Lipinski definition) is 2. The molecule has 4 nitrogen and oxygen atoms in total. The molecular formula is C14H11BrF2N2O2. The topological polar surface area (TPSA) is 61.4 Å². The number of urea groups is 1. The van der Waals surface area contributed by atoms with Crippen LogP contribution in [0.3, 0.4) is 0 Å². The highest BCUT2D eigenvalue weighted by atomic mass is 79.9. The van der Waals surface area contributed by atoms with Crippen LogP contribution < -0.4 is 10.6 Å². The molecule has 2 aromatic rings. The average Bonchev–Trinajstić information content (AvgIpc) is 2.37. The van der Waals surface area contributed by atoms with Gasteiger partial charge in [-0.25, -0.2) is 13.6 Å². The van der Waals surface area contributed by atoms with Crippen molar-refractivity contribution in [2.24, 2.45) is 0 Å². The van der Waals surface area contributed by atoms with E-state index in [1.165, 1.54) is 0 Å². The maximum absolute atomic E-state index is 13.0. The van der Waals surface area contributed by atoms with Gasteiger partial charge in [0.25, 0.3) is 0 Å². The van der Waals surface area contributed by atoms with Crippen molar-refractivity contribution in [1.82, 2.24) is 0 Å². The maximum atomic E-state index is 13.0. The van der Waals surface area contributed by atoms with Gasteiger partial charge in [-0.1, -0.05) is 22.0 Å². The Morgan fingerprint density at radius 1 is 1.10 bits per heavy atom. The van der Waals surface area contributed by atoms with Crippen LogP contribution in [-0.4, -0.2) is 11.1 Å². The molecule has 0 saturated heterocycles. The lowest BCUT2D eigenvalue weighted by Gasteiger charge is -2.11. The lowest BCUT2D eigenvalue weighted by Crippen LogP contribution is -2.20. The van der Waals surface area contributed by atoms with Gasteiger partial charge in [-0.15, -0.1) is 0 Å². The molecule has 0 bridgehead atoms. The molecule has 21 heavy (non-hydrogen) atoms. The largest absolute Gasteiger partial charge is 0.392 e. The first-order valence-corrected chi connectivity index (χ1v) is 6.70. The van der Waals surface area contributed by atoms with E-state index in [9.17, 15) is 18.7 Å². The fraction of sp³-hybridized carbons (Fsp3) is 0.0714. The second-order valence-corrected chi connectivity index (χ2v) is 5.11. The summed E-state index contributed by atoms with van der Waals surface area (Å²) in [6, 6.07) is 7.00. The zero-order chi connectivity index (χ0) is 15.4. The van der Waals surface area contributed by atoms with E-state index in [1.807, 2.05) is 0 Å². The number of aliphatic hydroxyl groups excluding tert-OH is 1. The normalized spacial score (nSPS) is 10.3. The number of anilines is 2. The minimum Gasteiger partial charge on any atom is -0.392 e. The van der Waals surface area contributed by atoms with Gasteiger partial charge in [-0.05, 0) is 24.3 Å². The number of aliphatic hydroxyl groups is 1. The second kappa shape index (κ2) is 6.64. The van der Waals surface area contributed by atoms with Crippen LogP contribution in [0.5, 0.6) is 0 Å². The van der Waals surface area contributed by atoms with Crippen LogP contribution in [0.2, 0.25) is 0 Å². The zero-order valence-electron chi connectivity index (χ0n) is 10.7. The molecule has 0 atom stereocenters. The number of nitrogens with one attached hydrogen (secondary N) is 2. The van der Waals surface area contributed by atoms with Crippen molar-refractivity contribution in [3.8, 4) is 0 Å². The second-order valence-electron chi connectivity index (χ2n) is 4.20. The Hall–Kier alpha value is -1.99. The smallest absolute Gasteiger partial charge is 0.323 e. The molecule has 0 spiro atoms.